The lowest BCUT2D eigenvalue weighted by Gasteiger charge is -2.16. The van der Waals surface area contributed by atoms with Crippen molar-refractivity contribution >= 4 is 17.9 Å². The van der Waals surface area contributed by atoms with Gasteiger partial charge in [-0.2, -0.15) is 5.26 Å². The summed E-state index contributed by atoms with van der Waals surface area (Å²) in [5.74, 6) is 0. The predicted octanol–water partition coefficient (Wildman–Crippen LogP) is 1.46. The third-order valence-electron chi connectivity index (χ3n) is 2.14. The molecule has 1 aromatic rings. The third kappa shape index (κ3) is 2.80. The van der Waals surface area contributed by atoms with E-state index in [9.17, 15) is 15.0 Å². The second-order valence-corrected chi connectivity index (χ2v) is 3.68. The van der Waals surface area contributed by atoms with Gasteiger partial charge in [0.2, 0.25) is 0 Å². The Kier molecular flexibility index (Phi) is 4.44. The highest BCUT2D eigenvalue weighted by atomic mass is 35.5. The van der Waals surface area contributed by atoms with E-state index in [0.717, 1.165) is 0 Å². The molecule has 0 bridgehead atoms. The minimum absolute atomic E-state index is 0.188. The molecule has 2 atom stereocenters. The first kappa shape index (κ1) is 12.7. The van der Waals surface area contributed by atoms with E-state index < -0.39 is 12.2 Å². The van der Waals surface area contributed by atoms with Crippen LogP contribution < -0.4 is 0 Å². The molecule has 0 aliphatic heterocycles. The number of aliphatic hydroxyl groups is 2. The van der Waals surface area contributed by atoms with E-state index in [1.165, 1.54) is 18.2 Å². The summed E-state index contributed by atoms with van der Waals surface area (Å²) >= 11 is 5.83. The van der Waals surface area contributed by atoms with Gasteiger partial charge in [-0.3, -0.25) is 4.79 Å². The van der Waals surface area contributed by atoms with Crippen molar-refractivity contribution in [2.24, 2.45) is 0 Å². The molecule has 0 saturated heterocycles. The van der Waals surface area contributed by atoms with Crippen LogP contribution in [0, 0.1) is 11.3 Å². The van der Waals surface area contributed by atoms with Crippen LogP contribution in [0.5, 0.6) is 0 Å². The van der Waals surface area contributed by atoms with Crippen LogP contribution in [0.25, 0.3) is 0 Å². The van der Waals surface area contributed by atoms with Crippen molar-refractivity contribution in [2.45, 2.75) is 18.6 Å². The Morgan fingerprint density at radius 2 is 2.19 bits per heavy atom. The Balaban J connectivity index is 2.96. The molecular weight excluding hydrogens is 230 g/mol. The van der Waals surface area contributed by atoms with Crippen LogP contribution in [0.2, 0.25) is 5.02 Å². The maximum absolute atomic E-state index is 10.5. The molecule has 16 heavy (non-hydrogen) atoms. The van der Waals surface area contributed by atoms with Crippen molar-refractivity contribution in [1.29, 1.82) is 5.26 Å². The largest absolute Gasteiger partial charge is 0.389 e. The number of hydrogen-bond acceptors (Lipinski definition) is 4. The summed E-state index contributed by atoms with van der Waals surface area (Å²) in [5, 5.41) is 27.7. The molecule has 84 valence electrons. The smallest absolute Gasteiger partial charge is 0.150 e. The molecule has 2 N–H and O–H groups in total. The van der Waals surface area contributed by atoms with Gasteiger partial charge in [-0.05, 0) is 6.07 Å². The van der Waals surface area contributed by atoms with Gasteiger partial charge in [0.15, 0.2) is 0 Å². The van der Waals surface area contributed by atoms with Gasteiger partial charge in [0.05, 0.1) is 18.6 Å². The number of rotatable bonds is 4. The first-order chi connectivity index (χ1) is 7.60. The zero-order valence-corrected chi connectivity index (χ0v) is 9.05. The minimum atomic E-state index is -1.23. The lowest BCUT2D eigenvalue weighted by Crippen LogP contribution is -2.17. The van der Waals surface area contributed by atoms with E-state index >= 15 is 0 Å². The van der Waals surface area contributed by atoms with Gasteiger partial charge in [0.25, 0.3) is 0 Å². The van der Waals surface area contributed by atoms with Crippen LogP contribution >= 0.6 is 11.6 Å². The summed E-state index contributed by atoms with van der Waals surface area (Å²) in [5.41, 5.74) is 0.686. The SMILES string of the molecule is N#CCC(O)C(O)c1ccc(C=O)cc1Cl. The molecule has 0 heterocycles. The fourth-order valence-corrected chi connectivity index (χ4v) is 1.57. The average molecular weight is 240 g/mol. The van der Waals surface area contributed by atoms with Crippen molar-refractivity contribution in [3.63, 3.8) is 0 Å². The van der Waals surface area contributed by atoms with Crippen molar-refractivity contribution < 1.29 is 15.0 Å². The van der Waals surface area contributed by atoms with E-state index in [0.29, 0.717) is 17.4 Å². The van der Waals surface area contributed by atoms with Crippen LogP contribution in [0.3, 0.4) is 0 Å². The molecule has 0 aliphatic rings. The second kappa shape index (κ2) is 5.61. The summed E-state index contributed by atoms with van der Waals surface area (Å²) < 4.78 is 0. The lowest BCUT2D eigenvalue weighted by molar-refractivity contribution is 0.0217. The number of hydrogen-bond donors (Lipinski definition) is 2. The number of carbonyl (C=O) groups is 1. The summed E-state index contributed by atoms with van der Waals surface area (Å²) in [6, 6.07) is 6.08. The highest BCUT2D eigenvalue weighted by molar-refractivity contribution is 6.31. The number of nitriles is 1. The fraction of sp³-hybridized carbons (Fsp3) is 0.273. The molecule has 0 radical (unpaired) electrons. The number of benzene rings is 1. The molecular formula is C11H10ClNO3. The summed E-state index contributed by atoms with van der Waals surface area (Å²) in [6.07, 6.45) is -1.97. The normalized spacial score (nSPS) is 13.9. The van der Waals surface area contributed by atoms with Crippen LogP contribution in [0.4, 0.5) is 0 Å². The van der Waals surface area contributed by atoms with Crippen LogP contribution in [0.1, 0.15) is 28.4 Å². The summed E-state index contributed by atoms with van der Waals surface area (Å²) in [6.45, 7) is 0. The van der Waals surface area contributed by atoms with Gasteiger partial charge in [0.1, 0.15) is 12.4 Å². The molecule has 4 nitrogen and oxygen atoms in total. The van der Waals surface area contributed by atoms with Crippen LogP contribution in [-0.4, -0.2) is 22.6 Å². The fourth-order valence-electron chi connectivity index (χ4n) is 1.27. The Morgan fingerprint density at radius 3 is 2.69 bits per heavy atom. The van der Waals surface area contributed by atoms with Crippen molar-refractivity contribution in [3.8, 4) is 6.07 Å². The predicted molar refractivity (Wildman–Crippen MR) is 58.0 cm³/mol. The second-order valence-electron chi connectivity index (χ2n) is 3.27. The Labute approximate surface area is 97.7 Å². The summed E-state index contributed by atoms with van der Waals surface area (Å²) in [7, 11) is 0. The van der Waals surface area contributed by atoms with Gasteiger partial charge in [-0.1, -0.05) is 23.7 Å². The minimum Gasteiger partial charge on any atom is -0.389 e. The lowest BCUT2D eigenvalue weighted by atomic mass is 10.0. The van der Waals surface area contributed by atoms with Gasteiger partial charge >= 0.3 is 0 Å². The first-order valence-corrected chi connectivity index (χ1v) is 4.95. The zero-order chi connectivity index (χ0) is 12.1. The molecule has 2 unspecified atom stereocenters. The molecule has 0 spiro atoms. The van der Waals surface area contributed by atoms with Crippen molar-refractivity contribution in [2.75, 3.05) is 0 Å². The van der Waals surface area contributed by atoms with Gasteiger partial charge < -0.3 is 10.2 Å². The monoisotopic (exact) mass is 239 g/mol. The maximum Gasteiger partial charge on any atom is 0.150 e. The zero-order valence-electron chi connectivity index (χ0n) is 8.30. The van der Waals surface area contributed by atoms with E-state index in [4.69, 9.17) is 16.9 Å². The topological polar surface area (TPSA) is 81.3 Å². The number of nitrogens with zero attached hydrogens (tertiary/aromatic N) is 1. The highest BCUT2D eigenvalue weighted by Crippen LogP contribution is 2.26. The third-order valence-corrected chi connectivity index (χ3v) is 2.47. The average Bonchev–Trinajstić information content (AvgIpc) is 2.28. The van der Waals surface area contributed by atoms with Gasteiger partial charge in [0, 0.05) is 16.1 Å². The Morgan fingerprint density at radius 1 is 1.50 bits per heavy atom. The molecule has 0 aromatic heterocycles. The maximum atomic E-state index is 10.5. The quantitative estimate of drug-likeness (QED) is 0.780. The van der Waals surface area contributed by atoms with Gasteiger partial charge in [-0.25, -0.2) is 0 Å². The first-order valence-electron chi connectivity index (χ1n) is 4.58. The van der Waals surface area contributed by atoms with Gasteiger partial charge in [-0.15, -0.1) is 0 Å². The van der Waals surface area contributed by atoms with Crippen molar-refractivity contribution in [3.05, 3.63) is 34.3 Å². The molecule has 0 saturated carbocycles. The van der Waals surface area contributed by atoms with E-state index in [2.05, 4.69) is 0 Å². The highest BCUT2D eigenvalue weighted by Gasteiger charge is 2.20. The number of aldehydes is 1. The molecule has 5 heteroatoms. The molecule has 0 fully saturated rings. The Hall–Kier alpha value is -1.41. The Bertz CT molecular complexity index is 428. The van der Waals surface area contributed by atoms with Crippen molar-refractivity contribution in [1.82, 2.24) is 0 Å². The van der Waals surface area contributed by atoms with Crippen LogP contribution in [0.15, 0.2) is 18.2 Å². The van der Waals surface area contributed by atoms with E-state index in [-0.39, 0.29) is 11.4 Å². The molecule has 1 rings (SSSR count). The van der Waals surface area contributed by atoms with E-state index in [1.54, 1.807) is 6.07 Å². The van der Waals surface area contributed by atoms with Crippen LogP contribution in [-0.2, 0) is 0 Å². The molecule has 1 aromatic carbocycles. The number of carbonyl (C=O) groups excluding carboxylic acids is 1. The molecule has 0 amide bonds. The number of halogens is 1. The molecule has 0 aliphatic carbocycles. The standard InChI is InChI=1S/C11H10ClNO3/c12-9-5-7(6-14)1-2-8(9)11(16)10(15)3-4-13/h1-2,5-6,10-11,15-16H,3H2. The summed E-state index contributed by atoms with van der Waals surface area (Å²) in [4.78, 5) is 10.5. The number of aliphatic hydroxyl groups excluding tert-OH is 2. The van der Waals surface area contributed by atoms with E-state index in [1.807, 2.05) is 0 Å².